The maximum absolute atomic E-state index is 11.4. The molecule has 1 aromatic carbocycles. The van der Waals surface area contributed by atoms with Gasteiger partial charge in [0.05, 0.1) is 10.3 Å². The van der Waals surface area contributed by atoms with E-state index >= 15 is 0 Å². The van der Waals surface area contributed by atoms with E-state index in [9.17, 15) is 9.90 Å². The summed E-state index contributed by atoms with van der Waals surface area (Å²) in [6.07, 6.45) is 1.08. The summed E-state index contributed by atoms with van der Waals surface area (Å²) in [5, 5.41) is 9.34. The smallest absolute Gasteiger partial charge is 0.307 e. The van der Waals surface area contributed by atoms with E-state index in [0.29, 0.717) is 17.2 Å². The van der Waals surface area contributed by atoms with Crippen molar-refractivity contribution in [2.45, 2.75) is 19.8 Å². The molecule has 0 spiro atoms. The van der Waals surface area contributed by atoms with Crippen LogP contribution >= 0.6 is 22.9 Å². The molecule has 0 bridgehead atoms. The summed E-state index contributed by atoms with van der Waals surface area (Å²) in [5.74, 6) is -1.16. The number of rotatable bonds is 5. The van der Waals surface area contributed by atoms with Crippen LogP contribution in [-0.4, -0.2) is 11.1 Å². The summed E-state index contributed by atoms with van der Waals surface area (Å²) in [4.78, 5) is 12.4. The fourth-order valence-electron chi connectivity index (χ4n) is 2.07. The van der Waals surface area contributed by atoms with Crippen LogP contribution in [0, 0.1) is 12.8 Å². The van der Waals surface area contributed by atoms with Crippen molar-refractivity contribution in [1.29, 1.82) is 0 Å². The summed E-state index contributed by atoms with van der Waals surface area (Å²) in [5.41, 5.74) is 2.22. The van der Waals surface area contributed by atoms with Gasteiger partial charge in [0.2, 0.25) is 0 Å². The Labute approximate surface area is 121 Å². The molecule has 0 radical (unpaired) electrons. The Bertz CT molecular complexity index is 577. The van der Waals surface area contributed by atoms with E-state index in [1.807, 2.05) is 43.3 Å². The lowest BCUT2D eigenvalue weighted by Crippen LogP contribution is -2.18. The maximum atomic E-state index is 11.4. The number of benzene rings is 1. The van der Waals surface area contributed by atoms with Gasteiger partial charge in [0.25, 0.3) is 0 Å². The van der Waals surface area contributed by atoms with Gasteiger partial charge in [-0.3, -0.25) is 4.79 Å². The normalized spacial score (nSPS) is 12.3. The molecular weight excluding hydrogens is 280 g/mol. The molecule has 0 aliphatic rings. The van der Waals surface area contributed by atoms with Crippen LogP contribution in [-0.2, 0) is 17.6 Å². The molecule has 0 aliphatic heterocycles. The Morgan fingerprint density at radius 2 is 2.11 bits per heavy atom. The van der Waals surface area contributed by atoms with E-state index in [0.717, 1.165) is 16.0 Å². The molecule has 19 heavy (non-hydrogen) atoms. The van der Waals surface area contributed by atoms with E-state index in [4.69, 9.17) is 11.6 Å². The van der Waals surface area contributed by atoms with Gasteiger partial charge in [-0.05, 0) is 37.5 Å². The Hall–Kier alpha value is -1.32. The van der Waals surface area contributed by atoms with E-state index in [2.05, 4.69) is 0 Å². The van der Waals surface area contributed by atoms with Gasteiger partial charge in [-0.1, -0.05) is 41.4 Å². The minimum atomic E-state index is -0.758. The number of thiophene rings is 1. The van der Waals surface area contributed by atoms with Crippen LogP contribution in [0.4, 0.5) is 0 Å². The molecule has 0 amide bonds. The first-order valence-electron chi connectivity index (χ1n) is 6.07. The average Bonchev–Trinajstić information content (AvgIpc) is 2.74. The van der Waals surface area contributed by atoms with Gasteiger partial charge < -0.3 is 5.11 Å². The number of aliphatic carboxylic acids is 1. The molecular formula is C15H15ClO2S. The van der Waals surface area contributed by atoms with Gasteiger partial charge in [-0.2, -0.15) is 0 Å². The molecule has 1 N–H and O–H groups in total. The van der Waals surface area contributed by atoms with E-state index in [1.54, 1.807) is 0 Å². The number of hydrogen-bond acceptors (Lipinski definition) is 2. The molecule has 4 heteroatoms. The third-order valence-corrected chi connectivity index (χ3v) is 4.24. The number of aryl methyl sites for hydroxylation is 1. The second-order valence-electron chi connectivity index (χ2n) is 4.64. The summed E-state index contributed by atoms with van der Waals surface area (Å²) in [7, 11) is 0. The van der Waals surface area contributed by atoms with E-state index in [-0.39, 0.29) is 0 Å². The Morgan fingerprint density at radius 1 is 1.32 bits per heavy atom. The second kappa shape index (κ2) is 6.22. The van der Waals surface area contributed by atoms with Crippen LogP contribution in [0.25, 0.3) is 0 Å². The minimum absolute atomic E-state index is 0.406. The van der Waals surface area contributed by atoms with Crippen LogP contribution in [0.1, 0.15) is 16.0 Å². The largest absolute Gasteiger partial charge is 0.481 e. The topological polar surface area (TPSA) is 37.3 Å². The summed E-state index contributed by atoms with van der Waals surface area (Å²) < 4.78 is 0.703. The van der Waals surface area contributed by atoms with Crippen LogP contribution in [0.2, 0.25) is 4.34 Å². The summed E-state index contributed by atoms with van der Waals surface area (Å²) >= 11 is 7.32. The fraction of sp³-hybridized carbons (Fsp3) is 0.267. The zero-order valence-electron chi connectivity index (χ0n) is 10.6. The third-order valence-electron chi connectivity index (χ3n) is 2.99. The minimum Gasteiger partial charge on any atom is -0.481 e. The first-order valence-corrected chi connectivity index (χ1v) is 7.26. The predicted molar refractivity (Wildman–Crippen MR) is 79.0 cm³/mol. The highest BCUT2D eigenvalue weighted by molar-refractivity contribution is 7.16. The zero-order chi connectivity index (χ0) is 13.8. The zero-order valence-corrected chi connectivity index (χ0v) is 12.2. The van der Waals surface area contributed by atoms with Crippen molar-refractivity contribution in [2.24, 2.45) is 5.92 Å². The molecule has 2 aromatic rings. The van der Waals surface area contributed by atoms with Crippen molar-refractivity contribution in [3.8, 4) is 0 Å². The molecule has 1 heterocycles. The van der Waals surface area contributed by atoms with Crippen molar-refractivity contribution in [3.05, 3.63) is 56.7 Å². The standard InChI is InChI=1S/C15H15ClO2S/c1-10-3-2-4-11(7-10)8-12(15(17)18)9-13-5-6-14(16)19-13/h2-7,12H,8-9H2,1H3,(H,17,18). The second-order valence-corrected chi connectivity index (χ2v) is 6.44. The molecule has 1 aromatic heterocycles. The molecule has 100 valence electrons. The van der Waals surface area contributed by atoms with Crippen molar-refractivity contribution in [3.63, 3.8) is 0 Å². The lowest BCUT2D eigenvalue weighted by Gasteiger charge is -2.11. The Kier molecular flexibility index (Phi) is 4.61. The molecule has 0 saturated carbocycles. The molecule has 1 atom stereocenters. The predicted octanol–water partition coefficient (Wildman–Crippen LogP) is 4.20. The van der Waals surface area contributed by atoms with Crippen molar-refractivity contribution in [2.75, 3.05) is 0 Å². The lowest BCUT2D eigenvalue weighted by atomic mass is 9.95. The van der Waals surface area contributed by atoms with Crippen LogP contribution in [0.5, 0.6) is 0 Å². The molecule has 0 aliphatic carbocycles. The van der Waals surface area contributed by atoms with E-state index < -0.39 is 11.9 Å². The van der Waals surface area contributed by atoms with Gasteiger partial charge in [-0.15, -0.1) is 11.3 Å². The highest BCUT2D eigenvalue weighted by Crippen LogP contribution is 2.25. The highest BCUT2D eigenvalue weighted by atomic mass is 35.5. The lowest BCUT2D eigenvalue weighted by molar-refractivity contribution is -0.141. The highest BCUT2D eigenvalue weighted by Gasteiger charge is 2.19. The van der Waals surface area contributed by atoms with Gasteiger partial charge in [0, 0.05) is 4.88 Å². The first kappa shape index (κ1) is 14.1. The number of carbonyl (C=O) groups is 1. The first-order chi connectivity index (χ1) is 9.04. The number of halogens is 1. The number of carboxylic acids is 1. The summed E-state index contributed by atoms with van der Waals surface area (Å²) in [6, 6.07) is 11.7. The van der Waals surface area contributed by atoms with Crippen molar-refractivity contribution >= 4 is 28.9 Å². The molecule has 2 rings (SSSR count). The van der Waals surface area contributed by atoms with Gasteiger partial charge in [0.1, 0.15) is 0 Å². The molecule has 2 nitrogen and oxygen atoms in total. The average molecular weight is 295 g/mol. The van der Waals surface area contributed by atoms with Crippen LogP contribution in [0.15, 0.2) is 36.4 Å². The van der Waals surface area contributed by atoms with Crippen molar-refractivity contribution in [1.82, 2.24) is 0 Å². The number of hydrogen-bond donors (Lipinski definition) is 1. The van der Waals surface area contributed by atoms with Crippen molar-refractivity contribution < 1.29 is 9.90 Å². The Morgan fingerprint density at radius 3 is 2.68 bits per heavy atom. The van der Waals surface area contributed by atoms with Gasteiger partial charge >= 0.3 is 5.97 Å². The fourth-order valence-corrected chi connectivity index (χ4v) is 3.24. The molecule has 1 unspecified atom stereocenters. The van der Waals surface area contributed by atoms with Gasteiger partial charge in [0.15, 0.2) is 0 Å². The molecule has 0 fully saturated rings. The van der Waals surface area contributed by atoms with E-state index in [1.165, 1.54) is 11.3 Å². The molecule has 0 saturated heterocycles. The Balaban J connectivity index is 2.10. The van der Waals surface area contributed by atoms with Crippen LogP contribution in [0.3, 0.4) is 0 Å². The maximum Gasteiger partial charge on any atom is 0.307 e. The summed E-state index contributed by atoms with van der Waals surface area (Å²) in [6.45, 7) is 2.01. The van der Waals surface area contributed by atoms with Gasteiger partial charge in [-0.25, -0.2) is 0 Å². The quantitative estimate of drug-likeness (QED) is 0.897. The third kappa shape index (κ3) is 4.08. The monoisotopic (exact) mass is 294 g/mol. The van der Waals surface area contributed by atoms with Crippen LogP contribution < -0.4 is 0 Å². The SMILES string of the molecule is Cc1cccc(CC(Cc2ccc(Cl)s2)C(=O)O)c1. The number of carboxylic acid groups (broad SMARTS) is 1.